The molecule has 1 aromatic carbocycles. The van der Waals surface area contributed by atoms with Crippen LogP contribution in [0.4, 0.5) is 5.69 Å². The molecule has 0 aliphatic heterocycles. The van der Waals surface area contributed by atoms with E-state index in [1.807, 2.05) is 0 Å². The highest BCUT2D eigenvalue weighted by Gasteiger charge is 2.07. The third kappa shape index (κ3) is 3.04. The maximum Gasteiger partial charge on any atom is 0.257 e. The molecular formula is C10H11N3O3S. The molecule has 0 aliphatic rings. The van der Waals surface area contributed by atoms with Gasteiger partial charge in [-0.25, -0.2) is 8.42 Å². The molecular weight excluding hydrogens is 242 g/mol. The van der Waals surface area contributed by atoms with Crippen LogP contribution in [0, 0.1) is 6.92 Å². The number of nitrogens with zero attached hydrogens (tertiary/aromatic N) is 2. The van der Waals surface area contributed by atoms with Crippen molar-refractivity contribution >= 4 is 15.7 Å². The number of benzene rings is 1. The number of aryl methyl sites for hydroxylation is 1. The first kappa shape index (κ1) is 11.6. The number of aromatic nitrogens is 2. The van der Waals surface area contributed by atoms with Gasteiger partial charge in [-0.05, 0) is 31.2 Å². The van der Waals surface area contributed by atoms with E-state index in [2.05, 4.69) is 14.9 Å². The summed E-state index contributed by atoms with van der Waals surface area (Å²) in [6, 6.07) is 6.69. The molecule has 0 aliphatic carbocycles. The van der Waals surface area contributed by atoms with Crippen molar-refractivity contribution in [3.8, 4) is 11.5 Å². The van der Waals surface area contributed by atoms with Crippen LogP contribution in [-0.4, -0.2) is 24.8 Å². The van der Waals surface area contributed by atoms with Gasteiger partial charge in [-0.15, -0.1) is 0 Å². The lowest BCUT2D eigenvalue weighted by Crippen LogP contribution is -2.09. The van der Waals surface area contributed by atoms with E-state index in [0.29, 0.717) is 17.4 Å². The monoisotopic (exact) mass is 253 g/mol. The fourth-order valence-electron chi connectivity index (χ4n) is 1.31. The number of hydrogen-bond donors (Lipinski definition) is 1. The zero-order valence-electron chi connectivity index (χ0n) is 9.34. The zero-order chi connectivity index (χ0) is 12.5. The van der Waals surface area contributed by atoms with Gasteiger partial charge in [0.25, 0.3) is 5.89 Å². The smallest absolute Gasteiger partial charge is 0.257 e. The molecule has 2 rings (SSSR count). The van der Waals surface area contributed by atoms with E-state index in [1.165, 1.54) is 0 Å². The Bertz CT molecular complexity index is 617. The SMILES string of the molecule is Cc1noc(-c2ccc(NS(C)(=O)=O)cc2)n1. The Morgan fingerprint density at radius 3 is 2.35 bits per heavy atom. The number of hydrogen-bond acceptors (Lipinski definition) is 5. The summed E-state index contributed by atoms with van der Waals surface area (Å²) >= 11 is 0. The predicted octanol–water partition coefficient (Wildman–Crippen LogP) is 1.42. The second kappa shape index (κ2) is 4.17. The van der Waals surface area contributed by atoms with E-state index < -0.39 is 10.0 Å². The lowest BCUT2D eigenvalue weighted by atomic mass is 10.2. The average molecular weight is 253 g/mol. The molecule has 0 saturated heterocycles. The molecule has 1 aromatic heterocycles. The van der Waals surface area contributed by atoms with Crippen LogP contribution in [-0.2, 0) is 10.0 Å². The van der Waals surface area contributed by atoms with Gasteiger partial charge in [0, 0.05) is 11.3 Å². The van der Waals surface area contributed by atoms with E-state index >= 15 is 0 Å². The van der Waals surface area contributed by atoms with E-state index in [-0.39, 0.29) is 0 Å². The number of sulfonamides is 1. The summed E-state index contributed by atoms with van der Waals surface area (Å²) in [5.41, 5.74) is 1.23. The van der Waals surface area contributed by atoms with Crippen LogP contribution in [0.5, 0.6) is 0 Å². The van der Waals surface area contributed by atoms with E-state index in [4.69, 9.17) is 4.52 Å². The van der Waals surface area contributed by atoms with E-state index in [9.17, 15) is 8.42 Å². The van der Waals surface area contributed by atoms with Gasteiger partial charge in [-0.2, -0.15) is 4.98 Å². The topological polar surface area (TPSA) is 85.1 Å². The van der Waals surface area contributed by atoms with Crippen molar-refractivity contribution in [1.82, 2.24) is 10.1 Å². The van der Waals surface area contributed by atoms with E-state index in [0.717, 1.165) is 11.8 Å². The minimum atomic E-state index is -3.25. The fourth-order valence-corrected chi connectivity index (χ4v) is 1.87. The molecule has 7 heteroatoms. The van der Waals surface area contributed by atoms with Gasteiger partial charge < -0.3 is 4.52 Å². The summed E-state index contributed by atoms with van der Waals surface area (Å²) in [4.78, 5) is 4.07. The second-order valence-electron chi connectivity index (χ2n) is 3.60. The van der Waals surface area contributed by atoms with Crippen LogP contribution in [0.2, 0.25) is 0 Å². The van der Waals surface area contributed by atoms with Gasteiger partial charge >= 0.3 is 0 Å². The van der Waals surface area contributed by atoms with Gasteiger partial charge in [0.2, 0.25) is 10.0 Å². The van der Waals surface area contributed by atoms with Crippen LogP contribution >= 0.6 is 0 Å². The maximum atomic E-state index is 11.0. The Hall–Kier alpha value is -1.89. The molecule has 0 unspecified atom stereocenters. The summed E-state index contributed by atoms with van der Waals surface area (Å²) in [7, 11) is -3.25. The molecule has 17 heavy (non-hydrogen) atoms. The van der Waals surface area contributed by atoms with Crippen molar-refractivity contribution in [3.05, 3.63) is 30.1 Å². The van der Waals surface area contributed by atoms with Crippen LogP contribution in [0.1, 0.15) is 5.82 Å². The highest BCUT2D eigenvalue weighted by atomic mass is 32.2. The molecule has 6 nitrogen and oxygen atoms in total. The van der Waals surface area contributed by atoms with Crippen LogP contribution < -0.4 is 4.72 Å². The summed E-state index contributed by atoms with van der Waals surface area (Å²) in [6.45, 7) is 1.73. The van der Waals surface area contributed by atoms with Crippen LogP contribution in [0.3, 0.4) is 0 Å². The van der Waals surface area contributed by atoms with Crippen molar-refractivity contribution in [2.75, 3.05) is 11.0 Å². The minimum absolute atomic E-state index is 0.411. The number of nitrogens with one attached hydrogen (secondary N) is 1. The first-order valence-corrected chi connectivity index (χ1v) is 6.72. The molecule has 1 N–H and O–H groups in total. The Labute approximate surface area is 98.7 Å². The Balaban J connectivity index is 2.24. The van der Waals surface area contributed by atoms with Crippen molar-refractivity contribution in [2.45, 2.75) is 6.92 Å². The predicted molar refractivity (Wildman–Crippen MR) is 62.9 cm³/mol. The third-order valence-electron chi connectivity index (χ3n) is 1.96. The molecule has 0 spiro atoms. The lowest BCUT2D eigenvalue weighted by molar-refractivity contribution is 0.425. The van der Waals surface area contributed by atoms with Crippen molar-refractivity contribution in [1.29, 1.82) is 0 Å². The van der Waals surface area contributed by atoms with Crippen molar-refractivity contribution in [3.63, 3.8) is 0 Å². The lowest BCUT2D eigenvalue weighted by Gasteiger charge is -2.03. The molecule has 0 fully saturated rings. The minimum Gasteiger partial charge on any atom is -0.334 e. The van der Waals surface area contributed by atoms with Crippen molar-refractivity contribution < 1.29 is 12.9 Å². The van der Waals surface area contributed by atoms with Gasteiger partial charge in [0.1, 0.15) is 0 Å². The quantitative estimate of drug-likeness (QED) is 0.894. The van der Waals surface area contributed by atoms with Crippen molar-refractivity contribution in [2.24, 2.45) is 0 Å². The van der Waals surface area contributed by atoms with Gasteiger partial charge in [-0.1, -0.05) is 5.16 Å². The third-order valence-corrected chi connectivity index (χ3v) is 2.57. The van der Waals surface area contributed by atoms with Gasteiger partial charge in [0.15, 0.2) is 5.82 Å². The standard InChI is InChI=1S/C10H11N3O3S/c1-7-11-10(16-12-7)8-3-5-9(6-4-8)13-17(2,14)15/h3-6,13H,1-2H3. The second-order valence-corrected chi connectivity index (χ2v) is 5.35. The van der Waals surface area contributed by atoms with Gasteiger partial charge in [-0.3, -0.25) is 4.72 Å². The molecule has 0 amide bonds. The number of anilines is 1. The molecule has 90 valence electrons. The summed E-state index contributed by atoms with van der Waals surface area (Å²) in [6.07, 6.45) is 1.10. The molecule has 0 bridgehead atoms. The molecule has 1 heterocycles. The average Bonchev–Trinajstić information content (AvgIpc) is 2.63. The van der Waals surface area contributed by atoms with Crippen LogP contribution in [0.25, 0.3) is 11.5 Å². The zero-order valence-corrected chi connectivity index (χ0v) is 10.2. The molecule has 2 aromatic rings. The Kier molecular flexibility index (Phi) is 2.84. The highest BCUT2D eigenvalue weighted by Crippen LogP contribution is 2.19. The largest absolute Gasteiger partial charge is 0.334 e. The first-order chi connectivity index (χ1) is 7.94. The van der Waals surface area contributed by atoms with Gasteiger partial charge in [0.05, 0.1) is 6.26 Å². The number of rotatable bonds is 3. The first-order valence-electron chi connectivity index (χ1n) is 4.82. The normalized spacial score (nSPS) is 11.4. The summed E-state index contributed by atoms with van der Waals surface area (Å²) in [5, 5.41) is 3.68. The van der Waals surface area contributed by atoms with Crippen LogP contribution in [0.15, 0.2) is 28.8 Å². The molecule has 0 saturated carbocycles. The molecule has 0 atom stereocenters. The Morgan fingerprint density at radius 1 is 1.24 bits per heavy atom. The maximum absolute atomic E-state index is 11.0. The fraction of sp³-hybridized carbons (Fsp3) is 0.200. The highest BCUT2D eigenvalue weighted by molar-refractivity contribution is 7.92. The Morgan fingerprint density at radius 2 is 1.88 bits per heavy atom. The van der Waals surface area contributed by atoms with E-state index in [1.54, 1.807) is 31.2 Å². The summed E-state index contributed by atoms with van der Waals surface area (Å²) < 4.78 is 29.4. The molecule has 0 radical (unpaired) electrons. The summed E-state index contributed by atoms with van der Waals surface area (Å²) in [5.74, 6) is 0.965.